The number of aliphatic carboxylic acids is 1. The van der Waals surface area contributed by atoms with Gasteiger partial charge in [-0.1, -0.05) is 38.0 Å². The molecule has 0 radical (unpaired) electrons. The van der Waals surface area contributed by atoms with Gasteiger partial charge in [-0.15, -0.1) is 23.5 Å². The van der Waals surface area contributed by atoms with Crippen LogP contribution in [0.1, 0.15) is 31.7 Å². The number of fused-ring (bicyclic) bond motifs is 1. The van der Waals surface area contributed by atoms with Crippen molar-refractivity contribution in [1.29, 1.82) is 0 Å². The SMILES string of the molecule is CCCCC1CN(c2ccccc2)c2cc(SC)c(CSCC(=O)O)cc2S(=O)(=O)N1C. The minimum absolute atomic E-state index is 0.0210. The Labute approximate surface area is 199 Å². The van der Waals surface area contributed by atoms with Gasteiger partial charge in [-0.05, 0) is 42.5 Å². The minimum atomic E-state index is -3.71. The van der Waals surface area contributed by atoms with E-state index in [9.17, 15) is 13.2 Å². The van der Waals surface area contributed by atoms with Crippen LogP contribution in [0.4, 0.5) is 11.4 Å². The van der Waals surface area contributed by atoms with Crippen LogP contribution in [0.15, 0.2) is 52.3 Å². The number of nitrogens with zero attached hydrogens (tertiary/aromatic N) is 2. The van der Waals surface area contributed by atoms with E-state index < -0.39 is 16.0 Å². The van der Waals surface area contributed by atoms with E-state index in [2.05, 4.69) is 11.8 Å². The molecule has 1 aliphatic heterocycles. The van der Waals surface area contributed by atoms with E-state index >= 15 is 0 Å². The van der Waals surface area contributed by atoms with E-state index in [0.717, 1.165) is 35.4 Å². The highest BCUT2D eigenvalue weighted by Crippen LogP contribution is 2.41. The molecule has 0 fully saturated rings. The van der Waals surface area contributed by atoms with Gasteiger partial charge in [0.25, 0.3) is 0 Å². The highest BCUT2D eigenvalue weighted by atomic mass is 32.2. The number of likely N-dealkylation sites (N-methyl/N-ethyl adjacent to an activating group) is 1. The Morgan fingerprint density at radius 1 is 1.22 bits per heavy atom. The number of unbranched alkanes of at least 4 members (excludes halogenated alkanes) is 1. The second kappa shape index (κ2) is 11.0. The van der Waals surface area contributed by atoms with E-state index in [4.69, 9.17) is 5.11 Å². The number of carbonyl (C=O) groups is 1. The van der Waals surface area contributed by atoms with Crippen molar-refractivity contribution in [1.82, 2.24) is 4.31 Å². The van der Waals surface area contributed by atoms with Gasteiger partial charge in [0, 0.05) is 36.0 Å². The Morgan fingerprint density at radius 2 is 1.94 bits per heavy atom. The van der Waals surface area contributed by atoms with E-state index in [-0.39, 0.29) is 16.7 Å². The molecule has 0 saturated carbocycles. The number of anilines is 2. The van der Waals surface area contributed by atoms with Crippen molar-refractivity contribution in [3.8, 4) is 0 Å². The molecule has 2 aromatic rings. The third-order valence-corrected chi connectivity index (χ3v) is 9.38. The van der Waals surface area contributed by atoms with E-state index in [1.807, 2.05) is 42.7 Å². The Kier molecular flexibility index (Phi) is 8.55. The Morgan fingerprint density at radius 3 is 2.56 bits per heavy atom. The monoisotopic (exact) mass is 494 g/mol. The number of rotatable bonds is 9. The van der Waals surface area contributed by atoms with Crippen molar-refractivity contribution in [3.63, 3.8) is 0 Å². The molecule has 0 bridgehead atoms. The molecular formula is C23H30N2O4S3. The number of thioether (sulfide) groups is 2. The smallest absolute Gasteiger partial charge is 0.313 e. The maximum atomic E-state index is 13.7. The first-order valence-corrected chi connectivity index (χ1v) is 14.4. The van der Waals surface area contributed by atoms with Gasteiger partial charge in [-0.3, -0.25) is 4.79 Å². The largest absolute Gasteiger partial charge is 0.481 e. The summed E-state index contributed by atoms with van der Waals surface area (Å²) in [5.74, 6) is -0.455. The normalized spacial score (nSPS) is 18.2. The first kappa shape index (κ1) is 25.0. The summed E-state index contributed by atoms with van der Waals surface area (Å²) in [6.45, 7) is 2.69. The standard InChI is InChI=1S/C23H30N2O4S3/c1-4-5-9-19-14-25(18-10-7-6-8-11-18)20-13-21(30-3)17(15-31-16-23(26)27)12-22(20)32(28,29)24(19)2/h6-8,10-13,19H,4-5,9,14-16H2,1-3H3,(H,26,27). The molecule has 6 nitrogen and oxygen atoms in total. The van der Waals surface area contributed by atoms with Gasteiger partial charge < -0.3 is 10.0 Å². The van der Waals surface area contributed by atoms with Crippen LogP contribution >= 0.6 is 23.5 Å². The zero-order valence-electron chi connectivity index (χ0n) is 18.7. The zero-order chi connectivity index (χ0) is 23.3. The minimum Gasteiger partial charge on any atom is -0.481 e. The van der Waals surface area contributed by atoms with Crippen molar-refractivity contribution < 1.29 is 18.3 Å². The summed E-state index contributed by atoms with van der Waals surface area (Å²) in [6.07, 6.45) is 4.71. The Bertz CT molecular complexity index is 1040. The molecule has 3 rings (SSSR count). The summed E-state index contributed by atoms with van der Waals surface area (Å²) in [6, 6.07) is 13.5. The van der Waals surface area contributed by atoms with Crippen LogP contribution in [0.5, 0.6) is 0 Å². The molecule has 0 aliphatic carbocycles. The summed E-state index contributed by atoms with van der Waals surface area (Å²) in [5.41, 5.74) is 2.48. The molecule has 0 aromatic heterocycles. The van der Waals surface area contributed by atoms with E-state index in [1.54, 1.807) is 24.9 Å². The van der Waals surface area contributed by atoms with Crippen LogP contribution in [0.3, 0.4) is 0 Å². The lowest BCUT2D eigenvalue weighted by Crippen LogP contribution is -2.40. The molecular weight excluding hydrogens is 464 g/mol. The first-order chi connectivity index (χ1) is 15.3. The van der Waals surface area contributed by atoms with Gasteiger partial charge in [-0.25, -0.2) is 8.42 Å². The quantitative estimate of drug-likeness (QED) is 0.488. The van der Waals surface area contributed by atoms with Gasteiger partial charge >= 0.3 is 5.97 Å². The second-order valence-electron chi connectivity index (χ2n) is 7.78. The van der Waals surface area contributed by atoms with Crippen LogP contribution in [-0.4, -0.2) is 55.4 Å². The highest BCUT2D eigenvalue weighted by Gasteiger charge is 2.37. The summed E-state index contributed by atoms with van der Waals surface area (Å²) in [7, 11) is -2.03. The average molecular weight is 495 g/mol. The van der Waals surface area contributed by atoms with Gasteiger partial charge in [-0.2, -0.15) is 4.31 Å². The maximum absolute atomic E-state index is 13.7. The molecule has 174 valence electrons. The van der Waals surface area contributed by atoms with Crippen molar-refractivity contribution in [2.24, 2.45) is 0 Å². The van der Waals surface area contributed by atoms with E-state index in [1.165, 1.54) is 16.1 Å². The van der Waals surface area contributed by atoms with Crippen LogP contribution in [0.25, 0.3) is 0 Å². The molecule has 1 aliphatic rings. The average Bonchev–Trinajstić information content (AvgIpc) is 2.86. The summed E-state index contributed by atoms with van der Waals surface area (Å²) in [4.78, 5) is 14.3. The topological polar surface area (TPSA) is 77.9 Å². The van der Waals surface area contributed by atoms with Crippen molar-refractivity contribution >= 4 is 50.9 Å². The fourth-order valence-electron chi connectivity index (χ4n) is 3.90. The third-order valence-electron chi connectivity index (χ3n) is 5.66. The highest BCUT2D eigenvalue weighted by molar-refractivity contribution is 7.99. The molecule has 0 saturated heterocycles. The number of para-hydroxylation sites is 1. The number of hydrogen-bond acceptors (Lipinski definition) is 6. The first-order valence-electron chi connectivity index (χ1n) is 10.6. The lowest BCUT2D eigenvalue weighted by molar-refractivity contribution is -0.133. The van der Waals surface area contributed by atoms with Crippen molar-refractivity contribution in [2.45, 2.75) is 47.8 Å². The number of benzene rings is 2. The molecule has 0 spiro atoms. The molecule has 9 heteroatoms. The zero-order valence-corrected chi connectivity index (χ0v) is 21.1. The second-order valence-corrected chi connectivity index (χ2v) is 11.6. The lowest BCUT2D eigenvalue weighted by atomic mass is 10.1. The molecule has 1 N–H and O–H groups in total. The number of carboxylic acids is 1. The van der Waals surface area contributed by atoms with E-state index in [0.29, 0.717) is 18.0 Å². The van der Waals surface area contributed by atoms with Crippen molar-refractivity contribution in [2.75, 3.05) is 30.5 Å². The summed E-state index contributed by atoms with van der Waals surface area (Å²) in [5, 5.41) is 8.99. The maximum Gasteiger partial charge on any atom is 0.313 e. The van der Waals surface area contributed by atoms with Gasteiger partial charge in [0.15, 0.2) is 0 Å². The molecule has 32 heavy (non-hydrogen) atoms. The Hall–Kier alpha value is -1.68. The van der Waals surface area contributed by atoms with Crippen molar-refractivity contribution in [3.05, 3.63) is 48.0 Å². The molecule has 0 amide bonds. The fraction of sp³-hybridized carbons (Fsp3) is 0.435. The molecule has 1 heterocycles. The number of sulfonamides is 1. The summed E-state index contributed by atoms with van der Waals surface area (Å²) >= 11 is 2.83. The number of carboxylic acid groups (broad SMARTS) is 1. The molecule has 1 unspecified atom stereocenters. The van der Waals surface area contributed by atoms with Gasteiger partial charge in [0.05, 0.1) is 11.4 Å². The summed E-state index contributed by atoms with van der Waals surface area (Å²) < 4.78 is 28.9. The number of hydrogen-bond donors (Lipinski definition) is 1. The Balaban J connectivity index is 2.16. The molecule has 1 atom stereocenters. The van der Waals surface area contributed by atoms with Crippen LogP contribution < -0.4 is 4.90 Å². The van der Waals surface area contributed by atoms with Crippen LogP contribution in [0, 0.1) is 0 Å². The van der Waals surface area contributed by atoms with Gasteiger partial charge in [0.2, 0.25) is 10.0 Å². The third kappa shape index (κ3) is 5.44. The predicted molar refractivity (Wildman–Crippen MR) is 134 cm³/mol. The lowest BCUT2D eigenvalue weighted by Gasteiger charge is -2.29. The van der Waals surface area contributed by atoms with Crippen LogP contribution in [-0.2, 0) is 20.6 Å². The fourth-order valence-corrected chi connectivity index (χ4v) is 6.95. The van der Waals surface area contributed by atoms with Crippen LogP contribution in [0.2, 0.25) is 0 Å². The van der Waals surface area contributed by atoms with Gasteiger partial charge in [0.1, 0.15) is 4.90 Å². The predicted octanol–water partition coefficient (Wildman–Crippen LogP) is 5.06. The molecule has 2 aromatic carbocycles.